The predicted molar refractivity (Wildman–Crippen MR) is 71.4 cm³/mol. The lowest BCUT2D eigenvalue weighted by Gasteiger charge is -2.17. The molecule has 0 aromatic heterocycles. The van der Waals surface area contributed by atoms with Gasteiger partial charge in [-0.3, -0.25) is 14.4 Å². The van der Waals surface area contributed by atoms with E-state index in [4.69, 9.17) is 4.74 Å². The van der Waals surface area contributed by atoms with Crippen molar-refractivity contribution in [1.82, 2.24) is 0 Å². The lowest BCUT2D eigenvalue weighted by molar-refractivity contribution is -0.142. The fourth-order valence-electron chi connectivity index (χ4n) is 2.18. The molecule has 0 spiro atoms. The second-order valence-corrected chi connectivity index (χ2v) is 5.08. The maximum Gasteiger partial charge on any atom is 0.309 e. The van der Waals surface area contributed by atoms with Gasteiger partial charge in [0.1, 0.15) is 12.4 Å². The molecule has 19 heavy (non-hydrogen) atoms. The topological polar surface area (TPSA) is 60.4 Å². The molecule has 1 heterocycles. The van der Waals surface area contributed by atoms with Crippen molar-refractivity contribution in [3.63, 3.8) is 0 Å². The standard InChI is InChI=1S/C15H20O4/c1-9(8-16)7-14-13(11(3)15(18)19-14)6-5-10(2)12(4)17/h7-8,11,13-14H,2,5-6H2,1,3-4H3/b9-7+/t11-,13-,14+/m0/s1. The molecule has 4 heteroatoms. The smallest absolute Gasteiger partial charge is 0.309 e. The van der Waals surface area contributed by atoms with Crippen LogP contribution in [0, 0.1) is 11.8 Å². The van der Waals surface area contributed by atoms with Crippen molar-refractivity contribution in [1.29, 1.82) is 0 Å². The van der Waals surface area contributed by atoms with Gasteiger partial charge < -0.3 is 4.74 Å². The van der Waals surface area contributed by atoms with Gasteiger partial charge in [0, 0.05) is 5.92 Å². The summed E-state index contributed by atoms with van der Waals surface area (Å²) >= 11 is 0. The number of ether oxygens (including phenoxy) is 1. The van der Waals surface area contributed by atoms with E-state index in [9.17, 15) is 14.4 Å². The Balaban J connectivity index is 2.75. The zero-order valence-electron chi connectivity index (χ0n) is 11.6. The van der Waals surface area contributed by atoms with Crippen LogP contribution >= 0.6 is 0 Å². The molecule has 0 amide bonds. The molecule has 0 aromatic carbocycles. The van der Waals surface area contributed by atoms with Gasteiger partial charge in [0.2, 0.25) is 0 Å². The fourth-order valence-corrected chi connectivity index (χ4v) is 2.18. The number of hydrogen-bond donors (Lipinski definition) is 0. The summed E-state index contributed by atoms with van der Waals surface area (Å²) in [6, 6.07) is 0. The van der Waals surface area contributed by atoms with Crippen LogP contribution in [0.5, 0.6) is 0 Å². The first-order valence-corrected chi connectivity index (χ1v) is 6.39. The molecule has 1 fully saturated rings. The van der Waals surface area contributed by atoms with E-state index in [2.05, 4.69) is 6.58 Å². The number of esters is 1. The molecule has 0 radical (unpaired) electrons. The first-order valence-electron chi connectivity index (χ1n) is 6.39. The first-order chi connectivity index (χ1) is 8.86. The van der Waals surface area contributed by atoms with Crippen LogP contribution in [0.4, 0.5) is 0 Å². The van der Waals surface area contributed by atoms with E-state index < -0.39 is 0 Å². The van der Waals surface area contributed by atoms with Crippen molar-refractivity contribution >= 4 is 18.0 Å². The van der Waals surface area contributed by atoms with Crippen molar-refractivity contribution in [3.8, 4) is 0 Å². The van der Waals surface area contributed by atoms with Crippen LogP contribution in [0.15, 0.2) is 23.8 Å². The highest BCUT2D eigenvalue weighted by Gasteiger charge is 2.40. The molecule has 104 valence electrons. The number of aldehydes is 1. The van der Waals surface area contributed by atoms with Crippen molar-refractivity contribution in [2.45, 2.75) is 39.7 Å². The maximum absolute atomic E-state index is 11.6. The zero-order valence-corrected chi connectivity index (χ0v) is 11.6. The van der Waals surface area contributed by atoms with Gasteiger partial charge in [-0.2, -0.15) is 0 Å². The summed E-state index contributed by atoms with van der Waals surface area (Å²) in [5, 5.41) is 0. The number of hydrogen-bond acceptors (Lipinski definition) is 4. The molecule has 0 N–H and O–H groups in total. The quantitative estimate of drug-likeness (QED) is 0.419. The third-order valence-corrected chi connectivity index (χ3v) is 3.58. The van der Waals surface area contributed by atoms with E-state index in [1.165, 1.54) is 6.92 Å². The highest BCUT2D eigenvalue weighted by atomic mass is 16.6. The molecule has 0 unspecified atom stereocenters. The van der Waals surface area contributed by atoms with Gasteiger partial charge >= 0.3 is 5.97 Å². The molecule has 0 aromatic rings. The summed E-state index contributed by atoms with van der Waals surface area (Å²) in [5.74, 6) is -0.522. The number of Topliss-reactive ketones (excluding diaryl/α,β-unsaturated/α-hetero) is 1. The van der Waals surface area contributed by atoms with E-state index in [1.54, 1.807) is 13.0 Å². The molecular formula is C15H20O4. The molecule has 0 bridgehead atoms. The van der Waals surface area contributed by atoms with E-state index in [-0.39, 0.29) is 29.7 Å². The summed E-state index contributed by atoms with van der Waals surface area (Å²) in [7, 11) is 0. The minimum atomic E-state index is -0.382. The van der Waals surface area contributed by atoms with E-state index in [0.717, 1.165) is 6.29 Å². The monoisotopic (exact) mass is 264 g/mol. The Kier molecular flexibility index (Phi) is 5.21. The Morgan fingerprint density at radius 3 is 2.58 bits per heavy atom. The maximum atomic E-state index is 11.6. The van der Waals surface area contributed by atoms with E-state index in [1.807, 2.05) is 6.92 Å². The van der Waals surface area contributed by atoms with Crippen molar-refractivity contribution in [2.75, 3.05) is 0 Å². The second-order valence-electron chi connectivity index (χ2n) is 5.08. The van der Waals surface area contributed by atoms with Gasteiger partial charge in [0.25, 0.3) is 0 Å². The Bertz CT molecular complexity index is 433. The van der Waals surface area contributed by atoms with Gasteiger partial charge in [-0.1, -0.05) is 13.5 Å². The summed E-state index contributed by atoms with van der Waals surface area (Å²) in [6.45, 7) is 8.69. The molecular weight excluding hydrogens is 244 g/mol. The normalized spacial score (nSPS) is 27.0. The minimum Gasteiger partial charge on any atom is -0.458 e. The Hall–Kier alpha value is -1.71. The second kappa shape index (κ2) is 6.45. The molecule has 1 aliphatic rings. The minimum absolute atomic E-state index is 0.0153. The molecule has 0 aliphatic carbocycles. The number of allylic oxidation sites excluding steroid dienone is 2. The molecule has 0 saturated carbocycles. The number of rotatable bonds is 6. The number of carbonyl (C=O) groups is 3. The fraction of sp³-hybridized carbons (Fsp3) is 0.533. The number of ketones is 1. The lowest BCUT2D eigenvalue weighted by atomic mass is 9.85. The highest BCUT2D eigenvalue weighted by molar-refractivity contribution is 5.92. The van der Waals surface area contributed by atoms with Gasteiger partial charge in [-0.25, -0.2) is 0 Å². The Labute approximate surface area is 113 Å². The van der Waals surface area contributed by atoms with Crippen molar-refractivity contribution < 1.29 is 19.1 Å². The number of cyclic esters (lactones) is 1. The Morgan fingerprint density at radius 1 is 1.42 bits per heavy atom. The van der Waals surface area contributed by atoms with Gasteiger partial charge in [0.05, 0.1) is 5.92 Å². The third-order valence-electron chi connectivity index (χ3n) is 3.58. The summed E-state index contributed by atoms with van der Waals surface area (Å²) < 4.78 is 5.26. The van der Waals surface area contributed by atoms with Gasteiger partial charge in [-0.05, 0) is 43.9 Å². The predicted octanol–water partition coefficient (Wildman–Crippen LogP) is 2.23. The molecule has 1 saturated heterocycles. The Morgan fingerprint density at radius 2 is 2.05 bits per heavy atom. The molecule has 1 rings (SSSR count). The van der Waals surface area contributed by atoms with Crippen molar-refractivity contribution in [3.05, 3.63) is 23.8 Å². The van der Waals surface area contributed by atoms with E-state index in [0.29, 0.717) is 24.0 Å². The zero-order chi connectivity index (χ0) is 14.6. The van der Waals surface area contributed by atoms with E-state index >= 15 is 0 Å². The van der Waals surface area contributed by atoms with Crippen LogP contribution in [0.25, 0.3) is 0 Å². The highest BCUT2D eigenvalue weighted by Crippen LogP contribution is 2.33. The van der Waals surface area contributed by atoms with Gasteiger partial charge in [-0.15, -0.1) is 0 Å². The third kappa shape index (κ3) is 3.88. The molecule has 1 aliphatic heterocycles. The average molecular weight is 264 g/mol. The molecule has 3 atom stereocenters. The average Bonchev–Trinajstić information content (AvgIpc) is 2.62. The first kappa shape index (κ1) is 15.3. The van der Waals surface area contributed by atoms with Crippen LogP contribution in [-0.4, -0.2) is 24.1 Å². The SMILES string of the molecule is C=C(CC[C@H]1[C@H](C)C(=O)O[C@@H]1/C=C(\C)C=O)C(C)=O. The van der Waals surface area contributed by atoms with Crippen LogP contribution < -0.4 is 0 Å². The largest absolute Gasteiger partial charge is 0.458 e. The lowest BCUT2D eigenvalue weighted by Crippen LogP contribution is -2.18. The molecule has 4 nitrogen and oxygen atoms in total. The van der Waals surface area contributed by atoms with Crippen molar-refractivity contribution in [2.24, 2.45) is 11.8 Å². The summed E-state index contributed by atoms with van der Waals surface area (Å²) in [5.41, 5.74) is 1.10. The van der Waals surface area contributed by atoms with Crippen LogP contribution in [0.2, 0.25) is 0 Å². The number of carbonyl (C=O) groups excluding carboxylic acids is 3. The van der Waals surface area contributed by atoms with Crippen LogP contribution in [0.1, 0.15) is 33.6 Å². The summed E-state index contributed by atoms with van der Waals surface area (Å²) in [6.07, 6.45) is 3.23. The summed E-state index contributed by atoms with van der Waals surface area (Å²) in [4.78, 5) is 33.4. The van der Waals surface area contributed by atoms with Crippen LogP contribution in [-0.2, 0) is 19.1 Å². The van der Waals surface area contributed by atoms with Crippen LogP contribution in [0.3, 0.4) is 0 Å². The van der Waals surface area contributed by atoms with Gasteiger partial charge in [0.15, 0.2) is 5.78 Å².